The van der Waals surface area contributed by atoms with Crippen molar-refractivity contribution < 1.29 is 9.59 Å². The molecule has 1 aliphatic heterocycles. The van der Waals surface area contributed by atoms with Crippen LogP contribution in [0.25, 0.3) is 0 Å². The second kappa shape index (κ2) is 7.63. The highest BCUT2D eigenvalue weighted by Gasteiger charge is 2.46. The Morgan fingerprint density at radius 3 is 2.59 bits per heavy atom. The first kappa shape index (κ1) is 18.7. The monoisotopic (exact) mass is 361 g/mol. The van der Waals surface area contributed by atoms with Gasteiger partial charge in [0.2, 0.25) is 0 Å². The Morgan fingerprint density at radius 2 is 1.96 bits per heavy atom. The van der Waals surface area contributed by atoms with E-state index in [1.165, 1.54) is 10.0 Å². The van der Waals surface area contributed by atoms with Crippen LogP contribution in [0.3, 0.4) is 0 Å². The molecule has 27 heavy (non-hydrogen) atoms. The molecule has 1 atom stereocenters. The number of rotatable bonds is 4. The smallest absolute Gasteiger partial charge is 0.258 e. The number of likely N-dealkylation sites (N-methyl/N-ethyl adjacent to an activating group) is 1. The fourth-order valence-corrected chi connectivity index (χ4v) is 3.58. The topological polar surface area (TPSA) is 53.5 Å². The zero-order valence-corrected chi connectivity index (χ0v) is 16.1. The van der Waals surface area contributed by atoms with Crippen LogP contribution in [-0.4, -0.2) is 33.9 Å². The van der Waals surface area contributed by atoms with Crippen molar-refractivity contribution in [2.24, 2.45) is 0 Å². The Bertz CT molecular complexity index is 941. The number of carbonyl (C=O) groups excluding carboxylic acids is 2. The normalized spacial score (nSPS) is 16.5. The van der Waals surface area contributed by atoms with Crippen LogP contribution in [0.2, 0.25) is 0 Å². The second-order valence-corrected chi connectivity index (χ2v) is 6.61. The van der Waals surface area contributed by atoms with Crippen LogP contribution < -0.4 is 0 Å². The Labute approximate surface area is 160 Å². The van der Waals surface area contributed by atoms with E-state index in [2.05, 4.69) is 16.8 Å². The lowest BCUT2D eigenvalue weighted by atomic mass is 9.87. The second-order valence-electron chi connectivity index (χ2n) is 6.61. The molecule has 0 saturated carbocycles. The first-order chi connectivity index (χ1) is 13.0. The lowest BCUT2D eigenvalue weighted by Gasteiger charge is -2.23. The molecule has 1 aromatic heterocycles. The van der Waals surface area contributed by atoms with Gasteiger partial charge in [-0.15, -0.1) is 5.92 Å². The number of amides is 2. The maximum atomic E-state index is 13.2. The summed E-state index contributed by atoms with van der Waals surface area (Å²) in [4.78, 5) is 30.4. The average molecular weight is 361 g/mol. The minimum Gasteiger partial charge on any atom is -0.272 e. The first-order valence-electron chi connectivity index (χ1n) is 9.02. The number of nitrogens with zero attached hydrogens (tertiary/aromatic N) is 3. The van der Waals surface area contributed by atoms with E-state index in [1.54, 1.807) is 20.2 Å². The Balaban J connectivity index is 2.00. The number of aromatic nitrogens is 1. The van der Waals surface area contributed by atoms with Gasteiger partial charge in [-0.3, -0.25) is 19.6 Å². The largest absolute Gasteiger partial charge is 0.272 e. The number of benzene rings is 1. The molecule has 1 fully saturated rings. The number of aryl methyl sites for hydroxylation is 2. The van der Waals surface area contributed by atoms with Gasteiger partial charge in [0.05, 0.1) is 12.2 Å². The summed E-state index contributed by atoms with van der Waals surface area (Å²) in [6, 6.07) is 9.48. The van der Waals surface area contributed by atoms with Crippen LogP contribution in [0.15, 0.2) is 36.5 Å². The molecule has 0 bridgehead atoms. The van der Waals surface area contributed by atoms with Gasteiger partial charge in [0.25, 0.3) is 11.8 Å². The summed E-state index contributed by atoms with van der Waals surface area (Å²) in [6.45, 7) is 6.04. The molecule has 2 heterocycles. The van der Waals surface area contributed by atoms with Crippen molar-refractivity contribution in [3.8, 4) is 11.8 Å². The minimum absolute atomic E-state index is 0.206. The molecule has 0 N–H and O–H groups in total. The Kier molecular flexibility index (Phi) is 5.27. The fourth-order valence-electron chi connectivity index (χ4n) is 3.58. The third-order valence-corrected chi connectivity index (χ3v) is 4.88. The summed E-state index contributed by atoms with van der Waals surface area (Å²) in [5, 5.41) is 2.90. The molecule has 3 rings (SSSR count). The molecular formula is C22H23N3O2. The van der Waals surface area contributed by atoms with Crippen LogP contribution in [0.5, 0.6) is 0 Å². The number of pyridine rings is 1. The highest BCUT2D eigenvalue weighted by atomic mass is 16.2. The number of hydrogen-bond donors (Lipinski definition) is 0. The third-order valence-electron chi connectivity index (χ3n) is 4.88. The lowest BCUT2D eigenvalue weighted by Crippen LogP contribution is -2.37. The summed E-state index contributed by atoms with van der Waals surface area (Å²) in [6.07, 6.45) is 2.42. The minimum atomic E-state index is -0.808. The quantitative estimate of drug-likeness (QED) is 0.622. The maximum Gasteiger partial charge on any atom is 0.258 e. The number of hydrogen-bond acceptors (Lipinski definition) is 3. The van der Waals surface area contributed by atoms with Crippen molar-refractivity contribution in [2.75, 3.05) is 7.05 Å². The van der Waals surface area contributed by atoms with Gasteiger partial charge >= 0.3 is 0 Å². The van der Waals surface area contributed by atoms with Crippen LogP contribution in [0.1, 0.15) is 47.7 Å². The van der Waals surface area contributed by atoms with Crippen molar-refractivity contribution in [3.63, 3.8) is 0 Å². The zero-order valence-electron chi connectivity index (χ0n) is 16.1. The van der Waals surface area contributed by atoms with Gasteiger partial charge in [-0.2, -0.15) is 0 Å². The fraction of sp³-hybridized carbons (Fsp3) is 0.318. The summed E-state index contributed by atoms with van der Waals surface area (Å²) < 4.78 is 0. The van der Waals surface area contributed by atoms with Gasteiger partial charge in [-0.25, -0.2) is 5.01 Å². The van der Waals surface area contributed by atoms with Crippen molar-refractivity contribution in [3.05, 3.63) is 64.5 Å². The van der Waals surface area contributed by atoms with Gasteiger partial charge in [0.1, 0.15) is 5.92 Å². The number of hydrazine groups is 1. The molecule has 138 valence electrons. The van der Waals surface area contributed by atoms with Crippen molar-refractivity contribution in [1.29, 1.82) is 0 Å². The van der Waals surface area contributed by atoms with E-state index in [9.17, 15) is 9.59 Å². The van der Waals surface area contributed by atoms with E-state index in [0.717, 1.165) is 34.4 Å². The van der Waals surface area contributed by atoms with Crippen LogP contribution in [0.4, 0.5) is 0 Å². The molecule has 0 radical (unpaired) electrons. The molecule has 5 nitrogen and oxygen atoms in total. The Hall–Kier alpha value is -3.13. The SMILES string of the molecule is CC#Cc1cc(C)c(C2C(=O)N(C)N(Cc3ccccn3)C2=O)c(CC)c1. The van der Waals surface area contributed by atoms with E-state index in [0.29, 0.717) is 0 Å². The van der Waals surface area contributed by atoms with Crippen LogP contribution in [0, 0.1) is 18.8 Å². The molecule has 0 aliphatic carbocycles. The molecule has 2 amide bonds. The predicted octanol–water partition coefficient (Wildman–Crippen LogP) is 2.82. The van der Waals surface area contributed by atoms with Gasteiger partial charge in [-0.1, -0.05) is 18.9 Å². The third kappa shape index (κ3) is 3.43. The van der Waals surface area contributed by atoms with E-state index in [4.69, 9.17) is 0 Å². The van der Waals surface area contributed by atoms with E-state index < -0.39 is 5.92 Å². The highest BCUT2D eigenvalue weighted by molar-refractivity contribution is 6.10. The molecule has 1 aliphatic rings. The lowest BCUT2D eigenvalue weighted by molar-refractivity contribution is -0.145. The molecule has 1 unspecified atom stereocenters. The summed E-state index contributed by atoms with van der Waals surface area (Å²) in [7, 11) is 1.64. The summed E-state index contributed by atoms with van der Waals surface area (Å²) in [5.41, 5.74) is 4.38. The van der Waals surface area contributed by atoms with Crippen LogP contribution in [-0.2, 0) is 22.6 Å². The number of carbonyl (C=O) groups is 2. The average Bonchev–Trinajstić information content (AvgIpc) is 2.86. The Morgan fingerprint density at radius 1 is 1.19 bits per heavy atom. The highest BCUT2D eigenvalue weighted by Crippen LogP contribution is 2.34. The molecule has 1 saturated heterocycles. The van der Waals surface area contributed by atoms with Crippen molar-refractivity contribution in [2.45, 2.75) is 39.7 Å². The van der Waals surface area contributed by atoms with E-state index >= 15 is 0 Å². The van der Waals surface area contributed by atoms with Gasteiger partial charge in [0.15, 0.2) is 0 Å². The predicted molar refractivity (Wildman–Crippen MR) is 103 cm³/mol. The molecule has 0 spiro atoms. The van der Waals surface area contributed by atoms with Gasteiger partial charge in [-0.05, 0) is 61.2 Å². The molecule has 2 aromatic rings. The van der Waals surface area contributed by atoms with E-state index in [1.807, 2.05) is 44.2 Å². The van der Waals surface area contributed by atoms with Crippen molar-refractivity contribution >= 4 is 11.8 Å². The van der Waals surface area contributed by atoms with E-state index in [-0.39, 0.29) is 18.4 Å². The summed E-state index contributed by atoms with van der Waals surface area (Å²) >= 11 is 0. The molecule has 1 aromatic carbocycles. The first-order valence-corrected chi connectivity index (χ1v) is 9.02. The van der Waals surface area contributed by atoms with Gasteiger partial charge in [0, 0.05) is 18.8 Å². The van der Waals surface area contributed by atoms with Crippen LogP contribution >= 0.6 is 0 Å². The maximum absolute atomic E-state index is 13.2. The zero-order chi connectivity index (χ0) is 19.6. The summed E-state index contributed by atoms with van der Waals surface area (Å²) in [5.74, 6) is 4.75. The van der Waals surface area contributed by atoms with Crippen molar-refractivity contribution in [1.82, 2.24) is 15.0 Å². The standard InChI is InChI=1S/C22H23N3O2/c1-5-9-16-12-15(3)19(17(6-2)13-16)20-21(26)24(4)25(22(20)27)14-18-10-7-8-11-23-18/h7-8,10-13,20H,6,14H2,1-4H3. The van der Waals surface area contributed by atoms with Gasteiger partial charge < -0.3 is 0 Å². The molecular weight excluding hydrogens is 338 g/mol. The molecule has 5 heteroatoms.